The average molecular weight is 453 g/mol. The summed E-state index contributed by atoms with van der Waals surface area (Å²) in [6.45, 7) is 6.26. The highest BCUT2D eigenvalue weighted by Gasteiger charge is 2.15. The van der Waals surface area contributed by atoms with Crippen molar-refractivity contribution in [2.45, 2.75) is 20.8 Å². The van der Waals surface area contributed by atoms with Crippen LogP contribution in [0.25, 0.3) is 15.5 Å². The average Bonchev–Trinajstić information content (AvgIpc) is 3.32. The maximum atomic E-state index is 12.6. The Kier molecular flexibility index (Phi) is 5.92. The summed E-state index contributed by atoms with van der Waals surface area (Å²) >= 11 is 6.82. The van der Waals surface area contributed by atoms with Gasteiger partial charge in [0, 0.05) is 16.8 Å². The second-order valence-electron chi connectivity index (χ2n) is 6.70. The van der Waals surface area contributed by atoms with Gasteiger partial charge in [0.05, 0.1) is 6.61 Å². The van der Waals surface area contributed by atoms with Crippen LogP contribution in [0.15, 0.2) is 42.5 Å². The molecule has 0 bridgehead atoms. The van der Waals surface area contributed by atoms with Crippen LogP contribution in [0.3, 0.4) is 0 Å². The lowest BCUT2D eigenvalue weighted by atomic mass is 10.1. The molecule has 0 atom stereocenters. The van der Waals surface area contributed by atoms with Gasteiger partial charge in [-0.25, -0.2) is 0 Å². The fourth-order valence-corrected chi connectivity index (χ4v) is 4.22. The number of fused-ring (bicyclic) bond motifs is 1. The Morgan fingerprint density at radius 1 is 1.19 bits per heavy atom. The van der Waals surface area contributed by atoms with Crippen LogP contribution in [0, 0.1) is 13.8 Å². The molecule has 4 aromatic rings. The molecule has 0 unspecified atom stereocenters. The maximum absolute atomic E-state index is 12.6. The van der Waals surface area contributed by atoms with Gasteiger partial charge in [-0.2, -0.15) is 9.61 Å². The molecule has 158 valence electrons. The Morgan fingerprint density at radius 3 is 2.77 bits per heavy atom. The molecule has 2 N–H and O–H groups in total. The zero-order chi connectivity index (χ0) is 22.0. The van der Waals surface area contributed by atoms with E-state index in [2.05, 4.69) is 25.9 Å². The van der Waals surface area contributed by atoms with Gasteiger partial charge in [0.15, 0.2) is 10.9 Å². The summed E-state index contributed by atoms with van der Waals surface area (Å²) in [5, 5.41) is 19.6. The number of thiocarbonyl (C=S) groups is 1. The van der Waals surface area contributed by atoms with E-state index in [4.69, 9.17) is 17.0 Å². The standard InChI is InChI=1S/C21H20N6O2S2/c1-4-29-15-8-5-7-14(11-15)18(28)23-20(30)22-17-10-6-9-16(12(17)2)19-26-27-13(3)24-25-21(27)31-19/h5-11H,4H2,1-3H3,(H2,22,23,28,30). The Balaban J connectivity index is 1.50. The van der Waals surface area contributed by atoms with Crippen LogP contribution in [0.1, 0.15) is 28.7 Å². The van der Waals surface area contributed by atoms with Gasteiger partial charge in [0.1, 0.15) is 10.8 Å². The maximum Gasteiger partial charge on any atom is 0.257 e. The van der Waals surface area contributed by atoms with E-state index in [-0.39, 0.29) is 11.0 Å². The smallest absolute Gasteiger partial charge is 0.257 e. The number of hydrogen-bond acceptors (Lipinski definition) is 7. The van der Waals surface area contributed by atoms with Crippen molar-refractivity contribution in [2.75, 3.05) is 11.9 Å². The minimum atomic E-state index is -0.308. The van der Waals surface area contributed by atoms with Gasteiger partial charge >= 0.3 is 0 Å². The molecule has 2 heterocycles. The van der Waals surface area contributed by atoms with E-state index in [9.17, 15) is 4.79 Å². The number of carbonyl (C=O) groups is 1. The second-order valence-corrected chi connectivity index (χ2v) is 8.06. The molecule has 0 radical (unpaired) electrons. The zero-order valence-electron chi connectivity index (χ0n) is 17.2. The molecule has 31 heavy (non-hydrogen) atoms. The van der Waals surface area contributed by atoms with Crippen LogP contribution in [-0.2, 0) is 0 Å². The number of benzene rings is 2. The fraction of sp³-hybridized carbons (Fsp3) is 0.190. The molecule has 2 aromatic heterocycles. The Bertz CT molecular complexity index is 1280. The fourth-order valence-electron chi connectivity index (χ4n) is 3.05. The molecule has 0 spiro atoms. The number of hydrogen-bond donors (Lipinski definition) is 2. The molecule has 0 aliphatic carbocycles. The van der Waals surface area contributed by atoms with E-state index in [1.807, 2.05) is 39.0 Å². The van der Waals surface area contributed by atoms with Crippen molar-refractivity contribution in [3.8, 4) is 16.3 Å². The van der Waals surface area contributed by atoms with Gasteiger partial charge in [0.25, 0.3) is 5.91 Å². The largest absolute Gasteiger partial charge is 0.494 e. The van der Waals surface area contributed by atoms with Crippen molar-refractivity contribution in [2.24, 2.45) is 0 Å². The Morgan fingerprint density at radius 2 is 2.00 bits per heavy atom. The number of aromatic nitrogens is 4. The van der Waals surface area contributed by atoms with Gasteiger partial charge in [-0.15, -0.1) is 10.2 Å². The van der Waals surface area contributed by atoms with Crippen LogP contribution in [0.4, 0.5) is 5.69 Å². The molecular weight excluding hydrogens is 432 g/mol. The highest BCUT2D eigenvalue weighted by Crippen LogP contribution is 2.31. The first-order valence-electron chi connectivity index (χ1n) is 9.60. The van der Waals surface area contributed by atoms with Crippen LogP contribution >= 0.6 is 23.6 Å². The molecule has 2 aromatic carbocycles. The Hall–Kier alpha value is -3.37. The van der Waals surface area contributed by atoms with E-state index in [0.717, 1.165) is 32.6 Å². The SMILES string of the molecule is CCOc1cccc(C(=O)NC(=S)Nc2cccc(-c3nn4c(C)nnc4s3)c2C)c1. The van der Waals surface area contributed by atoms with Gasteiger partial charge in [-0.3, -0.25) is 10.1 Å². The third-order valence-corrected chi connectivity index (χ3v) is 5.73. The van der Waals surface area contributed by atoms with E-state index in [1.165, 1.54) is 11.3 Å². The van der Waals surface area contributed by atoms with Crippen LogP contribution < -0.4 is 15.4 Å². The Labute approximate surface area is 188 Å². The van der Waals surface area contributed by atoms with Crippen molar-refractivity contribution >= 4 is 45.2 Å². The van der Waals surface area contributed by atoms with E-state index in [1.54, 1.807) is 28.8 Å². The van der Waals surface area contributed by atoms with Crippen molar-refractivity contribution < 1.29 is 9.53 Å². The third kappa shape index (κ3) is 4.39. The molecule has 0 saturated heterocycles. The predicted molar refractivity (Wildman–Crippen MR) is 125 cm³/mol. The third-order valence-electron chi connectivity index (χ3n) is 4.59. The van der Waals surface area contributed by atoms with Crippen LogP contribution in [-0.4, -0.2) is 37.4 Å². The lowest BCUT2D eigenvalue weighted by Gasteiger charge is -2.14. The van der Waals surface area contributed by atoms with Gasteiger partial charge in [-0.1, -0.05) is 29.5 Å². The molecule has 0 aliphatic rings. The lowest BCUT2D eigenvalue weighted by Crippen LogP contribution is -2.34. The van der Waals surface area contributed by atoms with E-state index >= 15 is 0 Å². The molecule has 1 amide bonds. The van der Waals surface area contributed by atoms with Gasteiger partial charge < -0.3 is 10.1 Å². The second kappa shape index (κ2) is 8.78. The molecule has 0 saturated carbocycles. The monoisotopic (exact) mass is 452 g/mol. The van der Waals surface area contributed by atoms with Gasteiger partial charge in [0.2, 0.25) is 4.96 Å². The summed E-state index contributed by atoms with van der Waals surface area (Å²) in [6, 6.07) is 12.8. The number of amides is 1. The number of nitrogens with zero attached hydrogens (tertiary/aromatic N) is 4. The van der Waals surface area contributed by atoms with Crippen molar-refractivity contribution in [1.29, 1.82) is 0 Å². The summed E-state index contributed by atoms with van der Waals surface area (Å²) < 4.78 is 7.17. The number of rotatable bonds is 5. The normalized spacial score (nSPS) is 10.8. The number of aryl methyl sites for hydroxylation is 1. The minimum Gasteiger partial charge on any atom is -0.494 e. The first-order valence-corrected chi connectivity index (χ1v) is 10.8. The number of nitrogens with one attached hydrogen (secondary N) is 2. The summed E-state index contributed by atoms with van der Waals surface area (Å²) in [5.74, 6) is 1.07. The molecule has 10 heteroatoms. The molecule has 4 rings (SSSR count). The topological polar surface area (TPSA) is 93.4 Å². The number of anilines is 1. The number of carbonyl (C=O) groups excluding carboxylic acids is 1. The van der Waals surface area contributed by atoms with Crippen LogP contribution in [0.5, 0.6) is 5.75 Å². The highest BCUT2D eigenvalue weighted by molar-refractivity contribution is 7.80. The molecule has 8 nitrogen and oxygen atoms in total. The molecular formula is C21H20N6O2S2. The predicted octanol–water partition coefficient (Wildman–Crippen LogP) is 4.00. The van der Waals surface area contributed by atoms with Crippen molar-refractivity contribution in [3.63, 3.8) is 0 Å². The first kappa shape index (κ1) is 20.9. The minimum absolute atomic E-state index is 0.209. The van der Waals surface area contributed by atoms with Crippen molar-refractivity contribution in [1.82, 2.24) is 25.1 Å². The van der Waals surface area contributed by atoms with E-state index < -0.39 is 0 Å². The van der Waals surface area contributed by atoms with Gasteiger partial charge in [-0.05, 0) is 62.8 Å². The summed E-state index contributed by atoms with van der Waals surface area (Å²) in [7, 11) is 0. The van der Waals surface area contributed by atoms with E-state index in [0.29, 0.717) is 17.9 Å². The van der Waals surface area contributed by atoms with Crippen LogP contribution in [0.2, 0.25) is 0 Å². The summed E-state index contributed by atoms with van der Waals surface area (Å²) in [4.78, 5) is 13.3. The zero-order valence-corrected chi connectivity index (χ0v) is 18.8. The molecule has 0 fully saturated rings. The first-order chi connectivity index (χ1) is 15.0. The molecule has 0 aliphatic heterocycles. The summed E-state index contributed by atoms with van der Waals surface area (Å²) in [6.07, 6.45) is 0. The number of ether oxygens (including phenoxy) is 1. The summed E-state index contributed by atoms with van der Waals surface area (Å²) in [5.41, 5.74) is 3.17. The van der Waals surface area contributed by atoms with Crippen molar-refractivity contribution in [3.05, 3.63) is 59.4 Å². The quantitative estimate of drug-likeness (QED) is 0.442. The lowest BCUT2D eigenvalue weighted by molar-refractivity contribution is 0.0977. The highest BCUT2D eigenvalue weighted by atomic mass is 32.1.